The average molecular weight is 542 g/mol. The lowest BCUT2D eigenvalue weighted by molar-refractivity contribution is -0.763. The van der Waals surface area contributed by atoms with Crippen LogP contribution in [0.15, 0.2) is 66.7 Å². The van der Waals surface area contributed by atoms with Crippen molar-refractivity contribution >= 4 is 5.97 Å². The number of aryl methyl sites for hydroxylation is 1. The molecular formula is C30H39NO8. The number of ether oxygens (including phenoxy) is 1. The van der Waals surface area contributed by atoms with Gasteiger partial charge in [-0.3, -0.25) is 4.79 Å². The first-order valence-corrected chi connectivity index (χ1v) is 13.6. The van der Waals surface area contributed by atoms with E-state index in [0.717, 1.165) is 6.42 Å². The van der Waals surface area contributed by atoms with Gasteiger partial charge in [0.2, 0.25) is 0 Å². The minimum Gasteiger partial charge on any atom is -0.427 e. The van der Waals surface area contributed by atoms with E-state index in [1.807, 2.05) is 42.5 Å². The minimum absolute atomic E-state index is 0.0579. The van der Waals surface area contributed by atoms with Gasteiger partial charge in [-0.25, -0.2) is 0 Å². The third-order valence-electron chi connectivity index (χ3n) is 7.26. The average Bonchev–Trinajstić information content (AvgIpc) is 3.19. The maximum absolute atomic E-state index is 12.1. The lowest BCUT2D eigenvalue weighted by Gasteiger charge is -2.23. The highest BCUT2D eigenvalue weighted by Crippen LogP contribution is 2.38. The molecule has 212 valence electrons. The fraction of sp³-hybridized carbons (Fsp3) is 0.500. The van der Waals surface area contributed by atoms with E-state index < -0.39 is 29.4 Å². The number of aliphatic hydroxyl groups is 3. The van der Waals surface area contributed by atoms with E-state index >= 15 is 0 Å². The summed E-state index contributed by atoms with van der Waals surface area (Å²) in [6, 6.07) is 16.5. The summed E-state index contributed by atoms with van der Waals surface area (Å²) in [4.78, 5) is 26.8. The van der Waals surface area contributed by atoms with E-state index in [1.54, 1.807) is 18.2 Å². The molecule has 0 heterocycles. The van der Waals surface area contributed by atoms with Crippen LogP contribution < -0.4 is 4.74 Å². The molecule has 0 radical (unpaired) electrons. The van der Waals surface area contributed by atoms with E-state index in [9.17, 15) is 30.2 Å². The van der Waals surface area contributed by atoms with Crippen molar-refractivity contribution in [3.8, 4) is 5.75 Å². The molecule has 0 saturated heterocycles. The highest BCUT2D eigenvalue weighted by atomic mass is 16.9. The Morgan fingerprint density at radius 2 is 1.77 bits per heavy atom. The van der Waals surface area contributed by atoms with E-state index in [1.165, 1.54) is 11.6 Å². The highest BCUT2D eigenvalue weighted by Gasteiger charge is 2.40. The zero-order chi connectivity index (χ0) is 28.0. The number of allylic oxidation sites excluding steroid dienone is 2. The Morgan fingerprint density at radius 3 is 2.54 bits per heavy atom. The van der Waals surface area contributed by atoms with Crippen molar-refractivity contribution in [1.29, 1.82) is 0 Å². The quantitative estimate of drug-likeness (QED) is 0.0702. The summed E-state index contributed by atoms with van der Waals surface area (Å²) >= 11 is 0. The van der Waals surface area contributed by atoms with Crippen LogP contribution in [0.3, 0.4) is 0 Å². The lowest BCUT2D eigenvalue weighted by atomic mass is 9.85. The number of rotatable bonds is 16. The van der Waals surface area contributed by atoms with Gasteiger partial charge in [-0.05, 0) is 86.5 Å². The van der Waals surface area contributed by atoms with Crippen molar-refractivity contribution in [2.45, 2.75) is 82.7 Å². The highest BCUT2D eigenvalue weighted by molar-refractivity contribution is 5.72. The lowest BCUT2D eigenvalue weighted by Crippen LogP contribution is -2.23. The minimum atomic E-state index is -0.874. The summed E-state index contributed by atoms with van der Waals surface area (Å²) in [7, 11) is 0. The summed E-state index contributed by atoms with van der Waals surface area (Å²) in [5, 5.41) is 40.9. The molecule has 0 amide bonds. The largest absolute Gasteiger partial charge is 0.427 e. The van der Waals surface area contributed by atoms with Gasteiger partial charge in [-0.15, -0.1) is 10.1 Å². The Hall–Kier alpha value is -3.27. The Balaban J connectivity index is 1.35. The van der Waals surface area contributed by atoms with Crippen LogP contribution in [0.5, 0.6) is 5.75 Å². The van der Waals surface area contributed by atoms with Gasteiger partial charge < -0.3 is 24.9 Å². The third-order valence-corrected chi connectivity index (χ3v) is 7.26. The molecule has 0 unspecified atom stereocenters. The van der Waals surface area contributed by atoms with Gasteiger partial charge >= 0.3 is 5.97 Å². The van der Waals surface area contributed by atoms with Gasteiger partial charge in [0.1, 0.15) is 12.4 Å². The second-order valence-electron chi connectivity index (χ2n) is 10.2. The Labute approximate surface area is 229 Å². The molecule has 1 aliphatic carbocycles. The van der Waals surface area contributed by atoms with Crippen LogP contribution in [0.4, 0.5) is 0 Å². The molecule has 3 rings (SSSR count). The Kier molecular flexibility index (Phi) is 12.4. The maximum Gasteiger partial charge on any atom is 0.311 e. The standard InChI is InChI=1S/C30H39NO8/c32-24(16-15-22-9-4-3-5-10-22)17-18-27-26(28(33)20-29(27)34)13-6-1-2-7-14-30(35)39-25-12-8-11-23(19-25)21-38-31(36)37/h1,3-6,8-12,19,24,26-29,32-34H,2,7,13-18,20-21H2/b6-1-/t24-,26+,27+,28-,29+/m0/s1. The van der Waals surface area contributed by atoms with Crippen LogP contribution >= 0.6 is 0 Å². The molecule has 5 atom stereocenters. The summed E-state index contributed by atoms with van der Waals surface area (Å²) in [5.74, 6) is -0.201. The zero-order valence-electron chi connectivity index (χ0n) is 22.1. The van der Waals surface area contributed by atoms with Gasteiger partial charge in [0.15, 0.2) is 0 Å². The first-order valence-electron chi connectivity index (χ1n) is 13.6. The molecular weight excluding hydrogens is 502 g/mol. The molecule has 1 aliphatic rings. The molecule has 9 nitrogen and oxygen atoms in total. The predicted octanol–water partition coefficient (Wildman–Crippen LogP) is 4.55. The van der Waals surface area contributed by atoms with Crippen molar-refractivity contribution < 1.29 is 34.8 Å². The Bertz CT molecular complexity index is 1060. The first kappa shape index (κ1) is 30.3. The summed E-state index contributed by atoms with van der Waals surface area (Å²) in [5.41, 5.74) is 1.72. The second kappa shape index (κ2) is 16.0. The molecule has 39 heavy (non-hydrogen) atoms. The van der Waals surface area contributed by atoms with Gasteiger partial charge in [0.25, 0.3) is 5.09 Å². The van der Waals surface area contributed by atoms with Crippen LogP contribution in [0.2, 0.25) is 0 Å². The summed E-state index contributed by atoms with van der Waals surface area (Å²) in [6.45, 7) is -0.217. The first-order chi connectivity index (χ1) is 18.8. The van der Waals surface area contributed by atoms with E-state index in [0.29, 0.717) is 56.3 Å². The topological polar surface area (TPSA) is 139 Å². The smallest absolute Gasteiger partial charge is 0.311 e. The van der Waals surface area contributed by atoms with Crippen LogP contribution in [0, 0.1) is 22.0 Å². The van der Waals surface area contributed by atoms with Gasteiger partial charge in [-0.2, -0.15) is 0 Å². The number of unbranched alkanes of at least 4 members (excludes halogenated alkanes) is 1. The Morgan fingerprint density at radius 1 is 1.03 bits per heavy atom. The molecule has 0 aliphatic heterocycles. The van der Waals surface area contributed by atoms with Gasteiger partial charge in [0, 0.05) is 6.42 Å². The third kappa shape index (κ3) is 10.8. The normalized spacial score (nSPS) is 21.6. The van der Waals surface area contributed by atoms with Crippen molar-refractivity contribution in [2.24, 2.45) is 11.8 Å². The fourth-order valence-electron chi connectivity index (χ4n) is 5.16. The molecule has 3 N–H and O–H groups in total. The summed E-state index contributed by atoms with van der Waals surface area (Å²) in [6.07, 6.45) is 7.59. The van der Waals surface area contributed by atoms with E-state index in [-0.39, 0.29) is 24.9 Å². The summed E-state index contributed by atoms with van der Waals surface area (Å²) < 4.78 is 5.31. The number of aliphatic hydroxyl groups excluding tert-OH is 3. The molecule has 0 bridgehead atoms. The molecule has 0 aromatic heterocycles. The monoisotopic (exact) mass is 541 g/mol. The fourth-order valence-corrected chi connectivity index (χ4v) is 5.16. The number of nitrogens with zero attached hydrogens (tertiary/aromatic N) is 1. The second-order valence-corrected chi connectivity index (χ2v) is 10.2. The molecule has 2 aromatic rings. The number of benzene rings is 2. The van der Waals surface area contributed by atoms with Crippen molar-refractivity contribution in [1.82, 2.24) is 0 Å². The SMILES string of the molecule is O=C(CCC/C=C\C[C@@H]1[C@@H](CC[C@@H](O)CCc2ccccc2)[C@H](O)C[C@@H]1O)Oc1cccc(CO[N+](=O)[O-])c1. The number of hydrogen-bond acceptors (Lipinski definition) is 8. The number of hydrogen-bond donors (Lipinski definition) is 3. The zero-order valence-corrected chi connectivity index (χ0v) is 22.1. The number of carbonyl (C=O) groups is 1. The molecule has 1 fully saturated rings. The number of esters is 1. The van der Waals surface area contributed by atoms with Crippen LogP contribution in [-0.2, 0) is 22.7 Å². The van der Waals surface area contributed by atoms with Crippen LogP contribution in [0.1, 0.15) is 62.5 Å². The van der Waals surface area contributed by atoms with E-state index in [4.69, 9.17) is 4.74 Å². The molecule has 9 heteroatoms. The van der Waals surface area contributed by atoms with Crippen LogP contribution in [-0.4, -0.2) is 44.7 Å². The van der Waals surface area contributed by atoms with Gasteiger partial charge in [0.05, 0.1) is 18.3 Å². The van der Waals surface area contributed by atoms with Crippen LogP contribution in [0.25, 0.3) is 0 Å². The van der Waals surface area contributed by atoms with Crippen molar-refractivity contribution in [3.63, 3.8) is 0 Å². The van der Waals surface area contributed by atoms with Crippen molar-refractivity contribution in [3.05, 3.63) is 88.0 Å². The van der Waals surface area contributed by atoms with Crippen molar-refractivity contribution in [2.75, 3.05) is 0 Å². The molecule has 0 spiro atoms. The molecule has 2 aromatic carbocycles. The maximum atomic E-state index is 12.1. The number of carbonyl (C=O) groups excluding carboxylic acids is 1. The predicted molar refractivity (Wildman–Crippen MR) is 145 cm³/mol. The molecule has 1 saturated carbocycles. The van der Waals surface area contributed by atoms with E-state index in [2.05, 4.69) is 4.84 Å². The van der Waals surface area contributed by atoms with Gasteiger partial charge in [-0.1, -0.05) is 54.6 Å².